The Labute approximate surface area is 88.8 Å². The summed E-state index contributed by atoms with van der Waals surface area (Å²) in [5.74, 6) is 0. The molecular formula is C15H12. The molecule has 0 spiro atoms. The molecule has 72 valence electrons. The van der Waals surface area contributed by atoms with Gasteiger partial charge >= 0.3 is 0 Å². The van der Waals surface area contributed by atoms with Crippen molar-refractivity contribution >= 4 is 28.1 Å². The van der Waals surface area contributed by atoms with Gasteiger partial charge < -0.3 is 0 Å². The molecule has 3 aromatic carbocycles. The smallest absolute Gasteiger partial charge is 0.00329 e. The molecule has 3 aromatic rings. The Morgan fingerprint density at radius 3 is 2.40 bits per heavy atom. The Kier molecular flexibility index (Phi) is 1.60. The van der Waals surface area contributed by atoms with Crippen molar-refractivity contribution in [2.45, 2.75) is 6.92 Å². The van der Waals surface area contributed by atoms with Crippen molar-refractivity contribution in [2.24, 2.45) is 0 Å². The highest BCUT2D eigenvalue weighted by Gasteiger charge is 2.03. The molecule has 0 aliphatic heterocycles. The van der Waals surface area contributed by atoms with Crippen molar-refractivity contribution in [3.63, 3.8) is 0 Å². The van der Waals surface area contributed by atoms with Gasteiger partial charge in [-0.2, -0.15) is 0 Å². The van der Waals surface area contributed by atoms with Gasteiger partial charge in [0, 0.05) is 0 Å². The lowest BCUT2D eigenvalue weighted by Crippen LogP contribution is -2.04. The van der Waals surface area contributed by atoms with E-state index in [1.807, 2.05) is 0 Å². The third-order valence-corrected chi connectivity index (χ3v) is 3.11. The number of rotatable bonds is 0. The van der Waals surface area contributed by atoms with Gasteiger partial charge in [-0.05, 0) is 39.3 Å². The Bertz CT molecular complexity index is 687. The summed E-state index contributed by atoms with van der Waals surface area (Å²) in [4.78, 5) is 0. The van der Waals surface area contributed by atoms with E-state index in [9.17, 15) is 0 Å². The Morgan fingerprint density at radius 1 is 0.933 bits per heavy atom. The van der Waals surface area contributed by atoms with E-state index in [1.54, 1.807) is 0 Å². The van der Waals surface area contributed by atoms with Gasteiger partial charge in [0.25, 0.3) is 0 Å². The zero-order chi connectivity index (χ0) is 10.4. The van der Waals surface area contributed by atoms with E-state index >= 15 is 0 Å². The van der Waals surface area contributed by atoms with E-state index in [0.29, 0.717) is 0 Å². The molecule has 0 nitrogen and oxygen atoms in total. The summed E-state index contributed by atoms with van der Waals surface area (Å²) in [6, 6.07) is 15.1. The fraction of sp³-hybridized carbons (Fsp3) is 0.0667. The molecule has 0 aliphatic carbocycles. The van der Waals surface area contributed by atoms with Crippen molar-refractivity contribution < 1.29 is 0 Å². The molecule has 0 bridgehead atoms. The van der Waals surface area contributed by atoms with Crippen LogP contribution in [0.1, 0.15) is 5.56 Å². The quantitative estimate of drug-likeness (QED) is 0.512. The zero-order valence-electron chi connectivity index (χ0n) is 8.75. The SMILES string of the molecule is C=c1c(C)cc2cccc3cccc1c32. The second-order valence-corrected chi connectivity index (χ2v) is 4.06. The first-order valence-corrected chi connectivity index (χ1v) is 5.17. The molecule has 0 amide bonds. The minimum absolute atomic E-state index is 1.15. The maximum absolute atomic E-state index is 4.15. The lowest BCUT2D eigenvalue weighted by atomic mass is 9.97. The minimum Gasteiger partial charge on any atom is -0.0909 e. The second kappa shape index (κ2) is 2.83. The summed E-state index contributed by atoms with van der Waals surface area (Å²) in [6.07, 6.45) is 0. The molecule has 3 rings (SSSR count). The molecule has 0 aliphatic rings. The Morgan fingerprint density at radius 2 is 1.60 bits per heavy atom. The van der Waals surface area contributed by atoms with Crippen LogP contribution in [0, 0.1) is 6.92 Å². The largest absolute Gasteiger partial charge is 0.0909 e. The van der Waals surface area contributed by atoms with Crippen molar-refractivity contribution in [2.75, 3.05) is 0 Å². The number of benzene rings is 3. The summed E-state index contributed by atoms with van der Waals surface area (Å²) >= 11 is 0. The van der Waals surface area contributed by atoms with Crippen molar-refractivity contribution in [3.8, 4) is 0 Å². The van der Waals surface area contributed by atoms with Crippen molar-refractivity contribution in [1.82, 2.24) is 0 Å². The van der Waals surface area contributed by atoms with Gasteiger partial charge in [0.2, 0.25) is 0 Å². The van der Waals surface area contributed by atoms with Gasteiger partial charge in [0.05, 0.1) is 0 Å². The lowest BCUT2D eigenvalue weighted by molar-refractivity contribution is 1.47. The third kappa shape index (κ3) is 1.08. The Hall–Kier alpha value is -1.82. The summed E-state index contributed by atoms with van der Waals surface area (Å²) in [5.41, 5.74) is 1.27. The molecule has 0 heteroatoms. The van der Waals surface area contributed by atoms with Crippen LogP contribution in [0.25, 0.3) is 28.1 Å². The average Bonchev–Trinajstić information content (AvgIpc) is 2.26. The van der Waals surface area contributed by atoms with Crippen molar-refractivity contribution in [3.05, 3.63) is 53.2 Å². The number of hydrogen-bond donors (Lipinski definition) is 0. The van der Waals surface area contributed by atoms with E-state index < -0.39 is 0 Å². The summed E-state index contributed by atoms with van der Waals surface area (Å²) in [5, 5.41) is 6.39. The van der Waals surface area contributed by atoms with Crippen molar-refractivity contribution in [1.29, 1.82) is 0 Å². The van der Waals surface area contributed by atoms with E-state index in [1.165, 1.54) is 27.1 Å². The van der Waals surface area contributed by atoms with Gasteiger partial charge in [0.1, 0.15) is 0 Å². The van der Waals surface area contributed by atoms with Gasteiger partial charge in [0.15, 0.2) is 0 Å². The molecule has 0 radical (unpaired) electrons. The molecule has 0 unspecified atom stereocenters. The van der Waals surface area contributed by atoms with Crippen LogP contribution in [-0.2, 0) is 0 Å². The van der Waals surface area contributed by atoms with Gasteiger partial charge in [-0.25, -0.2) is 0 Å². The van der Waals surface area contributed by atoms with Crippen LogP contribution in [-0.4, -0.2) is 0 Å². The highest BCUT2D eigenvalue weighted by atomic mass is 14.1. The molecular weight excluding hydrogens is 180 g/mol. The molecule has 15 heavy (non-hydrogen) atoms. The molecule has 0 heterocycles. The summed E-state index contributed by atoms with van der Waals surface area (Å²) < 4.78 is 0. The predicted molar refractivity (Wildman–Crippen MR) is 66.9 cm³/mol. The predicted octanol–water partition coefficient (Wildman–Crippen LogP) is 3.43. The summed E-state index contributed by atoms with van der Waals surface area (Å²) in [7, 11) is 0. The standard InChI is InChI=1S/C15H12/c1-10-9-13-7-3-5-12-6-4-8-14(11(10)2)15(12)13/h3-9H,2H2,1H3. The first-order chi connectivity index (χ1) is 7.27. The van der Waals surface area contributed by atoms with Crippen LogP contribution in [0.15, 0.2) is 42.5 Å². The van der Waals surface area contributed by atoms with Crippen LogP contribution in [0.2, 0.25) is 0 Å². The van der Waals surface area contributed by atoms with E-state index in [-0.39, 0.29) is 0 Å². The van der Waals surface area contributed by atoms with Crippen LogP contribution in [0.3, 0.4) is 0 Å². The number of hydrogen-bond acceptors (Lipinski definition) is 0. The summed E-state index contributed by atoms with van der Waals surface area (Å²) in [6.45, 7) is 6.27. The number of aryl methyl sites for hydroxylation is 1. The van der Waals surface area contributed by atoms with Crippen LogP contribution >= 0.6 is 0 Å². The highest BCUT2D eigenvalue weighted by molar-refractivity contribution is 6.10. The topological polar surface area (TPSA) is 0 Å². The minimum atomic E-state index is 1.15. The van der Waals surface area contributed by atoms with E-state index in [4.69, 9.17) is 0 Å². The molecule has 0 fully saturated rings. The zero-order valence-corrected chi connectivity index (χ0v) is 8.75. The second-order valence-electron chi connectivity index (χ2n) is 4.06. The van der Waals surface area contributed by atoms with E-state index in [2.05, 4.69) is 56.0 Å². The highest BCUT2D eigenvalue weighted by Crippen LogP contribution is 2.24. The molecule has 0 aromatic heterocycles. The van der Waals surface area contributed by atoms with Gasteiger partial charge in [-0.15, -0.1) is 0 Å². The monoisotopic (exact) mass is 192 g/mol. The van der Waals surface area contributed by atoms with Crippen LogP contribution in [0.4, 0.5) is 0 Å². The molecule has 0 N–H and O–H groups in total. The molecule has 0 atom stereocenters. The first-order valence-electron chi connectivity index (χ1n) is 5.17. The fourth-order valence-corrected chi connectivity index (χ4v) is 2.27. The first kappa shape index (κ1) is 8.49. The maximum Gasteiger partial charge on any atom is -0.00329 e. The molecule has 0 saturated heterocycles. The van der Waals surface area contributed by atoms with E-state index in [0.717, 1.165) is 5.22 Å². The average molecular weight is 192 g/mol. The third-order valence-electron chi connectivity index (χ3n) is 3.11. The lowest BCUT2D eigenvalue weighted by Gasteiger charge is -2.07. The maximum atomic E-state index is 4.15. The van der Waals surface area contributed by atoms with Crippen LogP contribution in [0.5, 0.6) is 0 Å². The van der Waals surface area contributed by atoms with Gasteiger partial charge in [-0.1, -0.05) is 49.0 Å². The Balaban J connectivity index is 2.77. The van der Waals surface area contributed by atoms with Crippen LogP contribution < -0.4 is 5.22 Å². The fourth-order valence-electron chi connectivity index (χ4n) is 2.27. The normalized spacial score (nSPS) is 11.3. The van der Waals surface area contributed by atoms with Gasteiger partial charge in [-0.3, -0.25) is 0 Å². The molecule has 0 saturated carbocycles.